The van der Waals surface area contributed by atoms with Gasteiger partial charge in [0.25, 0.3) is 11.8 Å². The molecule has 6 nitrogen and oxygen atoms in total. The van der Waals surface area contributed by atoms with Gasteiger partial charge in [-0.05, 0) is 53.6 Å². The number of hydrogen-bond acceptors (Lipinski definition) is 5. The van der Waals surface area contributed by atoms with Gasteiger partial charge >= 0.3 is 0 Å². The number of hydrogen-bond donors (Lipinski definition) is 2. The van der Waals surface area contributed by atoms with E-state index in [-0.39, 0.29) is 11.8 Å². The molecule has 0 aliphatic carbocycles. The molecule has 4 rings (SSSR count). The summed E-state index contributed by atoms with van der Waals surface area (Å²) in [6, 6.07) is 16.7. The van der Waals surface area contributed by atoms with Crippen molar-refractivity contribution in [2.24, 2.45) is 0 Å². The van der Waals surface area contributed by atoms with Crippen molar-refractivity contribution in [3.8, 4) is 21.9 Å². The Morgan fingerprint density at radius 2 is 1.69 bits per heavy atom. The number of carbonyl (C=O) groups excluding carboxylic acids is 2. The molecule has 3 aromatic rings. The van der Waals surface area contributed by atoms with E-state index < -0.39 is 0 Å². The number of benzene rings is 2. The first-order valence-electron chi connectivity index (χ1n) is 9.23. The van der Waals surface area contributed by atoms with Gasteiger partial charge in [0, 0.05) is 24.0 Å². The largest absolute Gasteiger partial charge is 0.486 e. The van der Waals surface area contributed by atoms with Crippen molar-refractivity contribution in [2.45, 2.75) is 6.54 Å². The van der Waals surface area contributed by atoms with Gasteiger partial charge in [0.15, 0.2) is 11.5 Å². The van der Waals surface area contributed by atoms with Crippen LogP contribution in [0.5, 0.6) is 11.5 Å². The summed E-state index contributed by atoms with van der Waals surface area (Å²) in [7, 11) is 1.59. The Hall–Kier alpha value is -3.32. The lowest BCUT2D eigenvalue weighted by atomic mass is 10.1. The lowest BCUT2D eigenvalue weighted by molar-refractivity contribution is 0.0949. The normalized spacial score (nSPS) is 12.3. The summed E-state index contributed by atoms with van der Waals surface area (Å²) >= 11 is 1.43. The van der Waals surface area contributed by atoms with Crippen LogP contribution < -0.4 is 20.1 Å². The summed E-state index contributed by atoms with van der Waals surface area (Å²) in [4.78, 5) is 25.7. The molecule has 1 aliphatic heterocycles. The van der Waals surface area contributed by atoms with Crippen molar-refractivity contribution in [2.75, 3.05) is 20.3 Å². The third-order valence-corrected chi connectivity index (χ3v) is 5.69. The van der Waals surface area contributed by atoms with E-state index in [1.54, 1.807) is 19.2 Å². The van der Waals surface area contributed by atoms with Crippen LogP contribution in [0.15, 0.2) is 54.6 Å². The molecule has 7 heteroatoms. The minimum atomic E-state index is -0.133. The zero-order valence-electron chi connectivity index (χ0n) is 15.9. The standard InChI is InChI=1S/C22H20N2O4S/c1-23-21(25)15-4-2-14(3-5-15)13-24-22(26)20-9-8-19(29-20)16-6-7-17-18(12-16)28-11-10-27-17/h2-9,12H,10-11,13H2,1H3,(H,23,25)(H,24,26). The highest BCUT2D eigenvalue weighted by Crippen LogP contribution is 2.36. The highest BCUT2D eigenvalue weighted by Gasteiger charge is 2.15. The Balaban J connectivity index is 1.40. The second-order valence-corrected chi connectivity index (χ2v) is 7.56. The van der Waals surface area contributed by atoms with Gasteiger partial charge in [0.2, 0.25) is 0 Å². The first kappa shape index (κ1) is 19.0. The first-order chi connectivity index (χ1) is 14.1. The molecular weight excluding hydrogens is 388 g/mol. The lowest BCUT2D eigenvalue weighted by Gasteiger charge is -2.18. The number of thiophene rings is 1. The molecule has 0 unspecified atom stereocenters. The maximum absolute atomic E-state index is 12.5. The topological polar surface area (TPSA) is 76.7 Å². The van der Waals surface area contributed by atoms with E-state index in [1.807, 2.05) is 42.5 Å². The van der Waals surface area contributed by atoms with Crippen LogP contribution in [0.1, 0.15) is 25.6 Å². The van der Waals surface area contributed by atoms with Crippen molar-refractivity contribution >= 4 is 23.2 Å². The summed E-state index contributed by atoms with van der Waals surface area (Å²) in [6.45, 7) is 1.49. The van der Waals surface area contributed by atoms with Crippen LogP contribution in [0.25, 0.3) is 10.4 Å². The SMILES string of the molecule is CNC(=O)c1ccc(CNC(=O)c2ccc(-c3ccc4c(c3)OCCO4)s2)cc1. The molecule has 2 aromatic carbocycles. The summed E-state index contributed by atoms with van der Waals surface area (Å²) in [5, 5.41) is 5.50. The van der Waals surface area contributed by atoms with Crippen LogP contribution in [0.2, 0.25) is 0 Å². The van der Waals surface area contributed by atoms with Gasteiger partial charge in [-0.15, -0.1) is 11.3 Å². The monoisotopic (exact) mass is 408 g/mol. The molecule has 148 valence electrons. The Morgan fingerprint density at radius 3 is 2.45 bits per heavy atom. The summed E-state index contributed by atoms with van der Waals surface area (Å²) in [5.74, 6) is 1.21. The number of amides is 2. The van der Waals surface area contributed by atoms with Crippen LogP contribution in [-0.2, 0) is 6.54 Å². The van der Waals surface area contributed by atoms with Gasteiger partial charge in [0.1, 0.15) is 13.2 Å². The lowest BCUT2D eigenvalue weighted by Crippen LogP contribution is -2.22. The molecule has 0 saturated carbocycles. The molecule has 0 fully saturated rings. The van der Waals surface area contributed by atoms with Crippen LogP contribution >= 0.6 is 11.3 Å². The van der Waals surface area contributed by atoms with E-state index in [9.17, 15) is 9.59 Å². The molecule has 1 aliphatic rings. The second kappa shape index (κ2) is 8.36. The molecule has 0 saturated heterocycles. The molecule has 0 radical (unpaired) electrons. The zero-order chi connectivity index (χ0) is 20.2. The van der Waals surface area contributed by atoms with Gasteiger partial charge in [-0.1, -0.05) is 12.1 Å². The third kappa shape index (κ3) is 4.25. The molecule has 29 heavy (non-hydrogen) atoms. The highest BCUT2D eigenvalue weighted by molar-refractivity contribution is 7.17. The van der Waals surface area contributed by atoms with Gasteiger partial charge in [-0.2, -0.15) is 0 Å². The Kier molecular flexibility index (Phi) is 5.48. The number of nitrogens with one attached hydrogen (secondary N) is 2. The minimum Gasteiger partial charge on any atom is -0.486 e. The van der Waals surface area contributed by atoms with E-state index in [1.165, 1.54) is 11.3 Å². The Bertz CT molecular complexity index is 1040. The van der Waals surface area contributed by atoms with Crippen LogP contribution in [0, 0.1) is 0 Å². The summed E-state index contributed by atoms with van der Waals surface area (Å²) < 4.78 is 11.2. The number of carbonyl (C=O) groups is 2. The average molecular weight is 408 g/mol. The zero-order valence-corrected chi connectivity index (χ0v) is 16.7. The van der Waals surface area contributed by atoms with Crippen molar-refractivity contribution in [3.05, 3.63) is 70.6 Å². The van der Waals surface area contributed by atoms with Crippen molar-refractivity contribution in [1.82, 2.24) is 10.6 Å². The van der Waals surface area contributed by atoms with Crippen LogP contribution in [0.3, 0.4) is 0 Å². The molecule has 2 amide bonds. The first-order valence-corrected chi connectivity index (χ1v) is 10.0. The van der Waals surface area contributed by atoms with Gasteiger partial charge in [-0.3, -0.25) is 9.59 Å². The molecular formula is C22H20N2O4S. The van der Waals surface area contributed by atoms with E-state index in [2.05, 4.69) is 10.6 Å². The Labute approximate surface area is 172 Å². The van der Waals surface area contributed by atoms with Gasteiger partial charge in [-0.25, -0.2) is 0 Å². The molecule has 1 aromatic heterocycles. The fourth-order valence-corrected chi connectivity index (χ4v) is 3.92. The van der Waals surface area contributed by atoms with Crippen LogP contribution in [0.4, 0.5) is 0 Å². The number of rotatable bonds is 5. The number of ether oxygens (including phenoxy) is 2. The maximum atomic E-state index is 12.5. The average Bonchev–Trinajstić information content (AvgIpc) is 3.27. The van der Waals surface area contributed by atoms with Crippen molar-refractivity contribution in [1.29, 1.82) is 0 Å². The summed E-state index contributed by atoms with van der Waals surface area (Å²) in [5.41, 5.74) is 2.50. The molecule has 0 bridgehead atoms. The minimum absolute atomic E-state index is 0.130. The highest BCUT2D eigenvalue weighted by atomic mass is 32.1. The smallest absolute Gasteiger partial charge is 0.261 e. The van der Waals surface area contributed by atoms with E-state index in [0.717, 1.165) is 27.5 Å². The van der Waals surface area contributed by atoms with Gasteiger partial charge < -0.3 is 20.1 Å². The fourth-order valence-electron chi connectivity index (χ4n) is 3.00. The molecule has 2 N–H and O–H groups in total. The quantitative estimate of drug-likeness (QED) is 0.678. The molecule has 2 heterocycles. The molecule has 0 atom stereocenters. The second-order valence-electron chi connectivity index (χ2n) is 6.48. The van der Waals surface area contributed by atoms with Gasteiger partial charge in [0.05, 0.1) is 4.88 Å². The van der Waals surface area contributed by atoms with E-state index >= 15 is 0 Å². The van der Waals surface area contributed by atoms with E-state index in [0.29, 0.717) is 30.2 Å². The van der Waals surface area contributed by atoms with E-state index in [4.69, 9.17) is 9.47 Å². The van der Waals surface area contributed by atoms with Crippen molar-refractivity contribution < 1.29 is 19.1 Å². The fraction of sp³-hybridized carbons (Fsp3) is 0.182. The predicted octanol–water partition coefficient (Wildman–Crippen LogP) is 3.48. The Morgan fingerprint density at radius 1 is 0.931 bits per heavy atom. The third-order valence-electron chi connectivity index (χ3n) is 4.55. The van der Waals surface area contributed by atoms with Crippen LogP contribution in [-0.4, -0.2) is 32.1 Å². The summed E-state index contributed by atoms with van der Waals surface area (Å²) in [6.07, 6.45) is 0. The predicted molar refractivity (Wildman–Crippen MR) is 112 cm³/mol. The molecule has 0 spiro atoms. The maximum Gasteiger partial charge on any atom is 0.261 e. The van der Waals surface area contributed by atoms with Crippen molar-refractivity contribution in [3.63, 3.8) is 0 Å². The number of fused-ring (bicyclic) bond motifs is 1.